The van der Waals surface area contributed by atoms with Crippen LogP contribution in [0.15, 0.2) is 0 Å². The molecule has 21 atom stereocenters. The van der Waals surface area contributed by atoms with Gasteiger partial charge in [0.05, 0.1) is 38.6 Å². The molecule has 4 aliphatic rings. The van der Waals surface area contributed by atoms with Crippen molar-refractivity contribution >= 4 is 17.8 Å². The standard InChI is InChI=1S/C31H52N2O24/c1-8(38)32-15-10(40)3-31(30(49)50,56-25(15)17(42)11(41)4-34)57-26-22(47)29(54-23-13(6-36)51-27(48)21(46)20(23)45)53-14(7-37)24(26)55-28-16(33-9(2)39)19(44)18(43)12(5-35)52-28/h10-29,34-37,40-48H,3-7H2,1-2H3,(H,32,38)(H,33,39)(H,49,50)/t10-,11+,12+,13+,14+,15+,16+,17+,18+,19+,20+,21+,22+,23+,24-,25+,26+,27+,28-,29+,31-/m0/s1. The van der Waals surface area contributed by atoms with Gasteiger partial charge >= 0.3 is 5.97 Å². The van der Waals surface area contributed by atoms with Gasteiger partial charge in [-0.1, -0.05) is 0 Å². The molecule has 0 aromatic carbocycles. The summed E-state index contributed by atoms with van der Waals surface area (Å²) in [7, 11) is 0. The van der Waals surface area contributed by atoms with Gasteiger partial charge in [0.25, 0.3) is 5.79 Å². The lowest BCUT2D eigenvalue weighted by molar-refractivity contribution is -0.400. The molecule has 16 N–H and O–H groups in total. The first-order chi connectivity index (χ1) is 26.7. The molecular weight excluding hydrogens is 784 g/mol. The van der Waals surface area contributed by atoms with Gasteiger partial charge in [0, 0.05) is 20.3 Å². The fourth-order valence-electron chi connectivity index (χ4n) is 7.05. The van der Waals surface area contributed by atoms with E-state index in [-0.39, 0.29) is 0 Å². The van der Waals surface area contributed by atoms with E-state index < -0.39 is 179 Å². The zero-order valence-electron chi connectivity index (χ0n) is 30.4. The van der Waals surface area contributed by atoms with Crippen LogP contribution in [0.1, 0.15) is 20.3 Å². The Labute approximate surface area is 322 Å². The highest BCUT2D eigenvalue weighted by Gasteiger charge is 2.61. The van der Waals surface area contributed by atoms with Crippen LogP contribution < -0.4 is 10.6 Å². The lowest BCUT2D eigenvalue weighted by atomic mass is 9.88. The van der Waals surface area contributed by atoms with Crippen molar-refractivity contribution in [3.05, 3.63) is 0 Å². The summed E-state index contributed by atoms with van der Waals surface area (Å²) < 4.78 is 39.7. The minimum absolute atomic E-state index is 0.803. The molecule has 57 heavy (non-hydrogen) atoms. The van der Waals surface area contributed by atoms with Crippen molar-refractivity contribution in [3.8, 4) is 0 Å². The average molecular weight is 837 g/mol. The minimum atomic E-state index is -3.22. The Morgan fingerprint density at radius 1 is 0.684 bits per heavy atom. The van der Waals surface area contributed by atoms with E-state index in [1.54, 1.807) is 0 Å². The van der Waals surface area contributed by atoms with Crippen molar-refractivity contribution < 1.29 is 119 Å². The van der Waals surface area contributed by atoms with E-state index >= 15 is 0 Å². The van der Waals surface area contributed by atoms with E-state index in [2.05, 4.69) is 10.6 Å². The Morgan fingerprint density at radius 3 is 1.77 bits per heavy atom. The molecular formula is C31H52N2O24. The van der Waals surface area contributed by atoms with Gasteiger partial charge in [-0.05, 0) is 0 Å². The Morgan fingerprint density at radius 2 is 1.23 bits per heavy atom. The van der Waals surface area contributed by atoms with Gasteiger partial charge in [0.1, 0.15) is 91.5 Å². The summed E-state index contributed by atoms with van der Waals surface area (Å²) in [6.07, 6.45) is -37.1. The van der Waals surface area contributed by atoms with Crippen LogP contribution in [-0.4, -0.2) is 244 Å². The summed E-state index contributed by atoms with van der Waals surface area (Å²) in [6.45, 7) is -2.13. The molecule has 26 heteroatoms. The number of carboxylic acid groups (broad SMARTS) is 1. The molecule has 4 fully saturated rings. The van der Waals surface area contributed by atoms with E-state index in [1.807, 2.05) is 0 Å². The number of amides is 2. The van der Waals surface area contributed by atoms with Gasteiger partial charge in [0.15, 0.2) is 18.9 Å². The predicted molar refractivity (Wildman–Crippen MR) is 174 cm³/mol. The number of aliphatic hydroxyl groups is 13. The molecule has 0 spiro atoms. The fraction of sp³-hybridized carbons (Fsp3) is 0.903. The molecule has 26 nitrogen and oxygen atoms in total. The van der Waals surface area contributed by atoms with Gasteiger partial charge in [-0.25, -0.2) is 4.79 Å². The number of carbonyl (C=O) groups excluding carboxylic acids is 2. The van der Waals surface area contributed by atoms with Crippen molar-refractivity contribution in [1.82, 2.24) is 10.6 Å². The zero-order chi connectivity index (χ0) is 42.7. The largest absolute Gasteiger partial charge is 0.477 e. The van der Waals surface area contributed by atoms with E-state index in [0.29, 0.717) is 0 Å². The van der Waals surface area contributed by atoms with Crippen molar-refractivity contribution in [2.45, 2.75) is 149 Å². The topological polar surface area (TPSA) is 423 Å². The number of carboxylic acids is 1. The summed E-state index contributed by atoms with van der Waals surface area (Å²) in [6, 6.07) is -3.34. The quantitative estimate of drug-likeness (QED) is 0.0728. The minimum Gasteiger partial charge on any atom is -0.477 e. The molecule has 0 unspecified atom stereocenters. The molecule has 0 aromatic rings. The number of rotatable bonds is 15. The average Bonchev–Trinajstić information content (AvgIpc) is 3.16. The summed E-state index contributed by atoms with van der Waals surface area (Å²) in [5, 5.41) is 151. The predicted octanol–water partition coefficient (Wildman–Crippen LogP) is -10.3. The maximum Gasteiger partial charge on any atom is 0.364 e. The molecule has 4 saturated heterocycles. The van der Waals surface area contributed by atoms with Gasteiger partial charge in [0.2, 0.25) is 11.8 Å². The zero-order valence-corrected chi connectivity index (χ0v) is 30.4. The van der Waals surface area contributed by atoms with Crippen LogP contribution in [0.5, 0.6) is 0 Å². The molecule has 0 aromatic heterocycles. The highest BCUT2D eigenvalue weighted by molar-refractivity contribution is 5.76. The molecule has 0 saturated carbocycles. The molecule has 0 radical (unpaired) electrons. The van der Waals surface area contributed by atoms with Crippen LogP contribution in [-0.2, 0) is 47.5 Å². The SMILES string of the molecule is CC(=O)N[C@H]1[C@H](O[C@@H]2[C@H](O[C@]3(C(=O)O)C[C@H](O)[C@@H](NC(C)=O)[C@H]([C@H](O)[C@H](O)CO)O3)[C@@H](O)[C@@H](O[C@H]3[C@H](O)[C@@H](O)[C@H](O)O[C@@H]3CO)O[C@@H]2CO)O[C@H](CO)[C@@H](O)[C@@H]1O. The lowest BCUT2D eigenvalue weighted by Crippen LogP contribution is -2.72. The number of aliphatic carboxylic acids is 1. The second-order valence-electron chi connectivity index (χ2n) is 14.0. The van der Waals surface area contributed by atoms with Crippen LogP contribution in [0.25, 0.3) is 0 Å². The molecule has 4 heterocycles. The lowest BCUT2D eigenvalue weighted by Gasteiger charge is -2.52. The maximum absolute atomic E-state index is 13.1. The Bertz CT molecular complexity index is 1350. The summed E-state index contributed by atoms with van der Waals surface area (Å²) in [5.74, 6) is -6.92. The van der Waals surface area contributed by atoms with Crippen molar-refractivity contribution in [3.63, 3.8) is 0 Å². The van der Waals surface area contributed by atoms with Gasteiger partial charge in [-0.2, -0.15) is 0 Å². The third-order valence-corrected chi connectivity index (χ3v) is 9.98. The molecule has 4 rings (SSSR count). The molecule has 330 valence electrons. The van der Waals surface area contributed by atoms with Crippen LogP contribution in [0, 0.1) is 0 Å². The first-order valence-corrected chi connectivity index (χ1v) is 17.7. The van der Waals surface area contributed by atoms with Crippen LogP contribution in [0.2, 0.25) is 0 Å². The summed E-state index contributed by atoms with van der Waals surface area (Å²) >= 11 is 0. The second kappa shape index (κ2) is 19.8. The van der Waals surface area contributed by atoms with Crippen molar-refractivity contribution in [1.29, 1.82) is 0 Å². The van der Waals surface area contributed by atoms with E-state index in [1.165, 1.54) is 0 Å². The molecule has 4 aliphatic heterocycles. The van der Waals surface area contributed by atoms with Gasteiger partial charge in [-0.15, -0.1) is 0 Å². The van der Waals surface area contributed by atoms with Crippen LogP contribution in [0.4, 0.5) is 0 Å². The number of nitrogens with one attached hydrogen (secondary N) is 2. The fourth-order valence-corrected chi connectivity index (χ4v) is 7.05. The van der Waals surface area contributed by atoms with Crippen molar-refractivity contribution in [2.24, 2.45) is 0 Å². The van der Waals surface area contributed by atoms with Crippen LogP contribution in [0.3, 0.4) is 0 Å². The molecule has 0 aliphatic carbocycles. The van der Waals surface area contributed by atoms with Gasteiger partial charge < -0.3 is 115 Å². The maximum atomic E-state index is 13.1. The van der Waals surface area contributed by atoms with Crippen LogP contribution >= 0.6 is 0 Å². The Balaban J connectivity index is 1.82. The number of carbonyl (C=O) groups is 3. The summed E-state index contributed by atoms with van der Waals surface area (Å²) in [4.78, 5) is 37.3. The van der Waals surface area contributed by atoms with Crippen molar-refractivity contribution in [2.75, 3.05) is 26.4 Å². The third-order valence-electron chi connectivity index (χ3n) is 9.98. The number of aliphatic hydroxyl groups excluding tert-OH is 13. The van der Waals surface area contributed by atoms with E-state index in [4.69, 9.17) is 33.2 Å². The third kappa shape index (κ3) is 10.2. The second-order valence-corrected chi connectivity index (χ2v) is 14.0. The highest BCUT2D eigenvalue weighted by Crippen LogP contribution is 2.40. The Kier molecular flexibility index (Phi) is 16.4. The highest BCUT2D eigenvalue weighted by atomic mass is 16.8. The molecule has 2 amide bonds. The van der Waals surface area contributed by atoms with E-state index in [9.17, 15) is 85.9 Å². The normalized spacial score (nSPS) is 45.1. The summed E-state index contributed by atoms with van der Waals surface area (Å²) in [5.41, 5.74) is 0. The number of ether oxygens (including phenoxy) is 7. The number of hydrogen-bond donors (Lipinski definition) is 16. The van der Waals surface area contributed by atoms with Gasteiger partial charge in [-0.3, -0.25) is 9.59 Å². The smallest absolute Gasteiger partial charge is 0.364 e. The number of hydrogen-bond acceptors (Lipinski definition) is 23. The first kappa shape index (κ1) is 47.3. The molecule has 0 bridgehead atoms. The monoisotopic (exact) mass is 836 g/mol. The first-order valence-electron chi connectivity index (χ1n) is 17.7. The van der Waals surface area contributed by atoms with E-state index in [0.717, 1.165) is 13.8 Å². The Hall–Kier alpha value is -2.39.